The summed E-state index contributed by atoms with van der Waals surface area (Å²) in [6, 6.07) is 8.01. The van der Waals surface area contributed by atoms with Crippen LogP contribution in [0.1, 0.15) is 67.4 Å². The smallest absolute Gasteiger partial charge is 0.254 e. The lowest BCUT2D eigenvalue weighted by Gasteiger charge is -2.33. The van der Waals surface area contributed by atoms with E-state index in [1.807, 2.05) is 18.7 Å². The first kappa shape index (κ1) is 22.4. The molecule has 2 amide bonds. The molecule has 0 saturated carbocycles. The number of rotatable bonds is 5. The maximum atomic E-state index is 13.1. The van der Waals surface area contributed by atoms with Crippen molar-refractivity contribution in [3.63, 3.8) is 0 Å². The fourth-order valence-electron chi connectivity index (χ4n) is 4.50. The second-order valence-electron chi connectivity index (χ2n) is 9.31. The Morgan fingerprint density at radius 3 is 2.56 bits per heavy atom. The van der Waals surface area contributed by atoms with Gasteiger partial charge < -0.3 is 9.64 Å². The summed E-state index contributed by atoms with van der Waals surface area (Å²) in [7, 11) is 1.55. The fourth-order valence-corrected chi connectivity index (χ4v) is 4.50. The van der Waals surface area contributed by atoms with E-state index in [9.17, 15) is 9.59 Å². The number of anilines is 1. The fraction of sp³-hybridized carbons (Fsp3) is 0.520. The van der Waals surface area contributed by atoms with E-state index >= 15 is 0 Å². The molecular weight excluding hydrogens is 404 g/mol. The van der Waals surface area contributed by atoms with E-state index in [1.165, 1.54) is 5.56 Å². The highest BCUT2D eigenvalue weighted by atomic mass is 16.5. The second-order valence-corrected chi connectivity index (χ2v) is 9.31. The van der Waals surface area contributed by atoms with Crippen molar-refractivity contribution >= 4 is 17.6 Å². The van der Waals surface area contributed by atoms with Gasteiger partial charge in [-0.15, -0.1) is 0 Å². The lowest BCUT2D eigenvalue weighted by Crippen LogP contribution is -2.46. The highest BCUT2D eigenvalue weighted by Gasteiger charge is 2.40. The average Bonchev–Trinajstić information content (AvgIpc) is 3.26. The molecule has 1 fully saturated rings. The predicted molar refractivity (Wildman–Crippen MR) is 122 cm³/mol. The monoisotopic (exact) mass is 436 g/mol. The standard InChI is InChI=1S/C25H32N4O3/c1-16-8-10-18(11-9-16)15-29-21(30)13-12-19-17(2)26-22(27-23(19)29)20-7-6-14-28(20)24(31)25(3,4)32-5/h8-11,20H,6-7,12-15H2,1-5H3/t20-/m0/s1. The van der Waals surface area contributed by atoms with Gasteiger partial charge in [-0.1, -0.05) is 29.8 Å². The summed E-state index contributed by atoms with van der Waals surface area (Å²) in [6.45, 7) is 8.72. The van der Waals surface area contributed by atoms with Gasteiger partial charge in [0, 0.05) is 31.3 Å². The zero-order chi connectivity index (χ0) is 23.0. The molecule has 1 aromatic carbocycles. The van der Waals surface area contributed by atoms with Crippen LogP contribution in [0.2, 0.25) is 0 Å². The van der Waals surface area contributed by atoms with Crippen LogP contribution in [0, 0.1) is 13.8 Å². The van der Waals surface area contributed by atoms with Crippen LogP contribution in [0.4, 0.5) is 5.82 Å². The van der Waals surface area contributed by atoms with Crippen LogP contribution < -0.4 is 4.90 Å². The third kappa shape index (κ3) is 4.13. The molecule has 7 nitrogen and oxygen atoms in total. The first-order valence-corrected chi connectivity index (χ1v) is 11.3. The molecule has 0 radical (unpaired) electrons. The summed E-state index contributed by atoms with van der Waals surface area (Å²) in [5, 5.41) is 0. The van der Waals surface area contributed by atoms with Gasteiger partial charge in [-0.05, 0) is 52.5 Å². The predicted octanol–water partition coefficient (Wildman–Crippen LogP) is 3.66. The number of nitrogens with zero attached hydrogens (tertiary/aromatic N) is 4. The number of fused-ring (bicyclic) bond motifs is 1. The number of hydrogen-bond donors (Lipinski definition) is 0. The summed E-state index contributed by atoms with van der Waals surface area (Å²) in [5.41, 5.74) is 3.25. The molecule has 0 unspecified atom stereocenters. The van der Waals surface area contributed by atoms with Crippen LogP contribution in [-0.2, 0) is 27.3 Å². The van der Waals surface area contributed by atoms with Gasteiger partial charge in [-0.25, -0.2) is 9.97 Å². The van der Waals surface area contributed by atoms with Gasteiger partial charge in [0.1, 0.15) is 11.4 Å². The highest BCUT2D eigenvalue weighted by Crippen LogP contribution is 2.36. The maximum absolute atomic E-state index is 13.1. The maximum Gasteiger partial charge on any atom is 0.254 e. The van der Waals surface area contributed by atoms with E-state index < -0.39 is 5.60 Å². The molecule has 4 rings (SSSR count). The molecule has 0 N–H and O–H groups in total. The molecule has 7 heteroatoms. The second kappa shape index (κ2) is 8.62. The topological polar surface area (TPSA) is 75.6 Å². The van der Waals surface area contributed by atoms with Crippen LogP contribution in [0.3, 0.4) is 0 Å². The van der Waals surface area contributed by atoms with Crippen LogP contribution in [0.5, 0.6) is 0 Å². The van der Waals surface area contributed by atoms with Gasteiger partial charge in [-0.3, -0.25) is 14.5 Å². The summed E-state index contributed by atoms with van der Waals surface area (Å²) < 4.78 is 5.43. The molecule has 170 valence electrons. The summed E-state index contributed by atoms with van der Waals surface area (Å²) in [4.78, 5) is 39.3. The molecule has 3 heterocycles. The molecule has 2 aromatic rings. The number of carbonyl (C=O) groups excluding carboxylic acids is 2. The number of likely N-dealkylation sites (tertiary alicyclic amines) is 1. The zero-order valence-electron chi connectivity index (χ0n) is 19.6. The van der Waals surface area contributed by atoms with Crippen molar-refractivity contribution in [1.29, 1.82) is 0 Å². The molecule has 0 spiro atoms. The first-order chi connectivity index (χ1) is 15.2. The van der Waals surface area contributed by atoms with Crippen LogP contribution >= 0.6 is 0 Å². The van der Waals surface area contributed by atoms with Gasteiger partial charge >= 0.3 is 0 Å². The van der Waals surface area contributed by atoms with Crippen molar-refractivity contribution in [3.8, 4) is 0 Å². The number of carbonyl (C=O) groups is 2. The third-order valence-corrected chi connectivity index (χ3v) is 6.65. The Kier molecular flexibility index (Phi) is 6.03. The molecule has 32 heavy (non-hydrogen) atoms. The van der Waals surface area contributed by atoms with E-state index in [2.05, 4.69) is 24.3 Å². The number of ether oxygens (including phenoxy) is 1. The molecule has 2 aliphatic heterocycles. The minimum Gasteiger partial charge on any atom is -0.369 e. The molecule has 0 aliphatic carbocycles. The number of aromatic nitrogens is 2. The number of amides is 2. The molecule has 1 atom stereocenters. The largest absolute Gasteiger partial charge is 0.369 e. The lowest BCUT2D eigenvalue weighted by atomic mass is 10.0. The van der Waals surface area contributed by atoms with Crippen LogP contribution in [0.25, 0.3) is 0 Å². The van der Waals surface area contributed by atoms with E-state index in [-0.39, 0.29) is 17.9 Å². The Hall–Kier alpha value is -2.80. The van der Waals surface area contributed by atoms with Crippen molar-refractivity contribution in [2.75, 3.05) is 18.6 Å². The molecule has 1 aromatic heterocycles. The van der Waals surface area contributed by atoms with E-state index in [4.69, 9.17) is 14.7 Å². The van der Waals surface area contributed by atoms with Crippen molar-refractivity contribution in [3.05, 3.63) is 52.5 Å². The van der Waals surface area contributed by atoms with Crippen molar-refractivity contribution in [2.24, 2.45) is 0 Å². The first-order valence-electron chi connectivity index (χ1n) is 11.3. The molecular formula is C25H32N4O3. The zero-order valence-corrected chi connectivity index (χ0v) is 19.6. The van der Waals surface area contributed by atoms with Crippen LogP contribution in [0.15, 0.2) is 24.3 Å². The van der Waals surface area contributed by atoms with Gasteiger partial charge in [0.15, 0.2) is 5.82 Å². The number of methoxy groups -OCH3 is 1. The Labute approximate surface area is 189 Å². The highest BCUT2D eigenvalue weighted by molar-refractivity contribution is 5.95. The van der Waals surface area contributed by atoms with Crippen LogP contribution in [-0.4, -0.2) is 45.9 Å². The number of benzene rings is 1. The number of hydrogen-bond acceptors (Lipinski definition) is 5. The SMILES string of the molecule is COC(C)(C)C(=O)N1CCC[C@H]1c1nc(C)c2c(n1)N(Cc1ccc(C)cc1)C(=O)CC2. The van der Waals surface area contributed by atoms with Gasteiger partial charge in [0.2, 0.25) is 5.91 Å². The average molecular weight is 437 g/mol. The minimum absolute atomic E-state index is 0.0611. The normalized spacial score (nSPS) is 18.8. The van der Waals surface area contributed by atoms with E-state index in [1.54, 1.807) is 25.9 Å². The lowest BCUT2D eigenvalue weighted by molar-refractivity contribution is -0.152. The third-order valence-electron chi connectivity index (χ3n) is 6.65. The number of aryl methyl sites for hydroxylation is 2. The quantitative estimate of drug-likeness (QED) is 0.715. The Balaban J connectivity index is 1.70. The van der Waals surface area contributed by atoms with Crippen molar-refractivity contribution in [1.82, 2.24) is 14.9 Å². The van der Waals surface area contributed by atoms with Gasteiger partial charge in [-0.2, -0.15) is 0 Å². The van der Waals surface area contributed by atoms with Crippen molar-refractivity contribution in [2.45, 2.75) is 71.6 Å². The van der Waals surface area contributed by atoms with Gasteiger partial charge in [0.05, 0.1) is 12.6 Å². The Morgan fingerprint density at radius 1 is 1.16 bits per heavy atom. The molecule has 2 aliphatic rings. The Morgan fingerprint density at radius 2 is 1.88 bits per heavy atom. The minimum atomic E-state index is -0.903. The van der Waals surface area contributed by atoms with Gasteiger partial charge in [0.25, 0.3) is 5.91 Å². The van der Waals surface area contributed by atoms with E-state index in [0.717, 1.165) is 29.7 Å². The summed E-state index contributed by atoms with van der Waals surface area (Å²) in [6.07, 6.45) is 2.80. The van der Waals surface area contributed by atoms with E-state index in [0.29, 0.717) is 37.6 Å². The summed E-state index contributed by atoms with van der Waals surface area (Å²) >= 11 is 0. The summed E-state index contributed by atoms with van der Waals surface area (Å²) in [5.74, 6) is 1.31. The van der Waals surface area contributed by atoms with Crippen molar-refractivity contribution < 1.29 is 14.3 Å². The molecule has 1 saturated heterocycles. The Bertz CT molecular complexity index is 1030. The molecule has 0 bridgehead atoms.